The molecule has 3 aliphatic rings. The Bertz CT molecular complexity index is 677. The van der Waals surface area contributed by atoms with E-state index in [4.69, 9.17) is 5.26 Å². The molecule has 4 rings (SSSR count). The predicted octanol–water partition coefficient (Wildman–Crippen LogP) is 3.68. The third kappa shape index (κ3) is 2.11. The summed E-state index contributed by atoms with van der Waals surface area (Å²) >= 11 is 0. The summed E-state index contributed by atoms with van der Waals surface area (Å²) in [5.41, 5.74) is 3.72. The fourth-order valence-corrected chi connectivity index (χ4v) is 6.02. The number of aryl methyl sites for hydroxylation is 1. The highest BCUT2D eigenvalue weighted by molar-refractivity contribution is 5.47. The molecule has 3 aliphatic carbocycles. The number of hydrogen-bond acceptors (Lipinski definition) is 3. The third-order valence-electron chi connectivity index (χ3n) is 7.11. The molecule has 0 saturated heterocycles. The third-order valence-corrected chi connectivity index (χ3v) is 7.11. The van der Waals surface area contributed by atoms with Crippen molar-refractivity contribution >= 4 is 0 Å². The Morgan fingerprint density at radius 3 is 2.87 bits per heavy atom. The summed E-state index contributed by atoms with van der Waals surface area (Å²) in [4.78, 5) is 0. The van der Waals surface area contributed by atoms with Crippen LogP contribution in [0.2, 0.25) is 0 Å². The first-order chi connectivity index (χ1) is 11.0. The van der Waals surface area contributed by atoms with Crippen LogP contribution in [0.1, 0.15) is 61.6 Å². The van der Waals surface area contributed by atoms with Gasteiger partial charge in [-0.05, 0) is 90.5 Å². The van der Waals surface area contributed by atoms with E-state index in [-0.39, 0.29) is 11.5 Å². The molecule has 0 aliphatic heterocycles. The van der Waals surface area contributed by atoms with E-state index in [0.29, 0.717) is 29.9 Å². The summed E-state index contributed by atoms with van der Waals surface area (Å²) in [5.74, 6) is 2.03. The Hall–Kier alpha value is -1.53. The molecule has 0 heterocycles. The number of fused-ring (bicyclic) bond motifs is 5. The molecule has 1 aromatic carbocycles. The SMILES string of the molecule is C[C@]12CC[C@@H]3c4c(CC#N)cc(O)cc4CC[C@H]3[C@@H]1CC[C@H]2O. The number of rotatable bonds is 1. The van der Waals surface area contributed by atoms with Crippen molar-refractivity contribution in [3.05, 3.63) is 28.8 Å². The maximum absolute atomic E-state index is 10.5. The molecule has 0 aromatic heterocycles. The largest absolute Gasteiger partial charge is 0.508 e. The Morgan fingerprint density at radius 1 is 1.26 bits per heavy atom. The minimum atomic E-state index is -0.145. The molecular weight excluding hydrogens is 286 g/mol. The monoisotopic (exact) mass is 311 g/mol. The fraction of sp³-hybridized carbons (Fsp3) is 0.650. The predicted molar refractivity (Wildman–Crippen MR) is 88.0 cm³/mol. The van der Waals surface area contributed by atoms with Crippen LogP contribution in [0.25, 0.3) is 0 Å². The van der Waals surface area contributed by atoms with Gasteiger partial charge in [0, 0.05) is 0 Å². The lowest BCUT2D eigenvalue weighted by atomic mass is 9.55. The molecule has 0 bridgehead atoms. The molecule has 23 heavy (non-hydrogen) atoms. The van der Waals surface area contributed by atoms with Gasteiger partial charge in [0.25, 0.3) is 0 Å². The molecule has 3 nitrogen and oxygen atoms in total. The van der Waals surface area contributed by atoms with E-state index in [2.05, 4.69) is 13.0 Å². The van der Waals surface area contributed by atoms with Crippen molar-refractivity contribution < 1.29 is 10.2 Å². The highest BCUT2D eigenvalue weighted by atomic mass is 16.3. The first-order valence-corrected chi connectivity index (χ1v) is 8.94. The van der Waals surface area contributed by atoms with Crippen LogP contribution < -0.4 is 0 Å². The molecule has 5 atom stereocenters. The van der Waals surface area contributed by atoms with Crippen molar-refractivity contribution in [2.45, 2.75) is 63.9 Å². The van der Waals surface area contributed by atoms with Crippen molar-refractivity contribution in [2.75, 3.05) is 0 Å². The lowest BCUT2D eigenvalue weighted by Crippen LogP contribution is -2.44. The van der Waals surface area contributed by atoms with Crippen molar-refractivity contribution in [2.24, 2.45) is 17.3 Å². The normalized spacial score (nSPS) is 38.3. The maximum Gasteiger partial charge on any atom is 0.116 e. The number of aliphatic hydroxyl groups is 1. The molecular formula is C20H25NO2. The van der Waals surface area contributed by atoms with E-state index in [9.17, 15) is 10.2 Å². The van der Waals surface area contributed by atoms with Crippen LogP contribution in [0.4, 0.5) is 0 Å². The molecule has 2 saturated carbocycles. The summed E-state index contributed by atoms with van der Waals surface area (Å²) in [6.07, 6.45) is 6.64. The molecule has 0 spiro atoms. The average molecular weight is 311 g/mol. The van der Waals surface area contributed by atoms with Gasteiger partial charge in [-0.25, -0.2) is 0 Å². The molecule has 2 N–H and O–H groups in total. The van der Waals surface area contributed by atoms with E-state index >= 15 is 0 Å². The summed E-state index contributed by atoms with van der Waals surface area (Å²) in [6, 6.07) is 5.97. The lowest BCUT2D eigenvalue weighted by Gasteiger charge is -2.50. The van der Waals surface area contributed by atoms with Crippen LogP contribution in [0, 0.1) is 28.6 Å². The Labute approximate surface area is 138 Å². The summed E-state index contributed by atoms with van der Waals surface area (Å²) < 4.78 is 0. The summed E-state index contributed by atoms with van der Waals surface area (Å²) in [6.45, 7) is 2.29. The quantitative estimate of drug-likeness (QED) is 0.831. The summed E-state index contributed by atoms with van der Waals surface area (Å²) in [5, 5.41) is 29.6. The number of nitriles is 1. The second-order valence-electron chi connectivity index (χ2n) is 8.07. The zero-order valence-corrected chi connectivity index (χ0v) is 13.8. The van der Waals surface area contributed by atoms with Gasteiger partial charge in [-0.1, -0.05) is 6.92 Å². The lowest BCUT2D eigenvalue weighted by molar-refractivity contribution is -0.0227. The number of aromatic hydroxyl groups is 1. The van der Waals surface area contributed by atoms with Crippen molar-refractivity contribution in [1.82, 2.24) is 0 Å². The van der Waals surface area contributed by atoms with Crippen LogP contribution in [0.5, 0.6) is 5.75 Å². The first kappa shape index (κ1) is 15.0. The molecule has 122 valence electrons. The van der Waals surface area contributed by atoms with E-state index < -0.39 is 0 Å². The van der Waals surface area contributed by atoms with Crippen molar-refractivity contribution in [3.63, 3.8) is 0 Å². The van der Waals surface area contributed by atoms with E-state index in [0.717, 1.165) is 44.1 Å². The van der Waals surface area contributed by atoms with Crippen LogP contribution in [-0.4, -0.2) is 16.3 Å². The maximum atomic E-state index is 10.5. The number of phenolic OH excluding ortho intramolecular Hbond substituents is 1. The van der Waals surface area contributed by atoms with Crippen LogP contribution in [0.15, 0.2) is 12.1 Å². The number of hydrogen-bond donors (Lipinski definition) is 2. The topological polar surface area (TPSA) is 64.2 Å². The highest BCUT2D eigenvalue weighted by Gasteiger charge is 2.54. The first-order valence-electron chi connectivity index (χ1n) is 8.94. The number of benzene rings is 1. The molecule has 2 fully saturated rings. The standard InChI is InChI=1S/C20H25NO2/c1-20-8-6-16-15(17(20)4-5-18(20)23)3-2-12-10-14(22)11-13(7-9-21)19(12)16/h10-11,15-18,22-23H,2-8H2,1H3/t15-,16+,17+,18-,20+/m1/s1. The van der Waals surface area contributed by atoms with Gasteiger partial charge < -0.3 is 10.2 Å². The van der Waals surface area contributed by atoms with Gasteiger partial charge in [-0.15, -0.1) is 0 Å². The second-order valence-corrected chi connectivity index (χ2v) is 8.07. The number of aliphatic hydroxyl groups excluding tert-OH is 1. The molecule has 0 radical (unpaired) electrons. The Kier molecular flexibility index (Phi) is 3.43. The molecule has 1 aromatic rings. The van der Waals surface area contributed by atoms with Crippen molar-refractivity contribution in [3.8, 4) is 11.8 Å². The molecule has 3 heteroatoms. The minimum absolute atomic E-state index is 0.0883. The van der Waals surface area contributed by atoms with Gasteiger partial charge in [0.2, 0.25) is 0 Å². The van der Waals surface area contributed by atoms with E-state index in [1.165, 1.54) is 11.1 Å². The number of phenols is 1. The minimum Gasteiger partial charge on any atom is -0.508 e. The Balaban J connectivity index is 1.76. The van der Waals surface area contributed by atoms with E-state index in [1.807, 2.05) is 6.07 Å². The number of nitrogens with zero attached hydrogens (tertiary/aromatic N) is 1. The zero-order valence-electron chi connectivity index (χ0n) is 13.8. The average Bonchev–Trinajstić information content (AvgIpc) is 2.82. The van der Waals surface area contributed by atoms with Crippen LogP contribution >= 0.6 is 0 Å². The Morgan fingerprint density at radius 2 is 2.09 bits per heavy atom. The van der Waals surface area contributed by atoms with Crippen molar-refractivity contribution in [1.29, 1.82) is 5.26 Å². The van der Waals surface area contributed by atoms with Crippen LogP contribution in [0.3, 0.4) is 0 Å². The molecule has 0 unspecified atom stereocenters. The second kappa shape index (κ2) is 5.24. The van der Waals surface area contributed by atoms with Gasteiger partial charge in [-0.2, -0.15) is 5.26 Å². The summed E-state index contributed by atoms with van der Waals surface area (Å²) in [7, 11) is 0. The van der Waals surface area contributed by atoms with Gasteiger partial charge in [0.15, 0.2) is 0 Å². The fourth-order valence-electron chi connectivity index (χ4n) is 6.02. The van der Waals surface area contributed by atoms with Gasteiger partial charge in [0.05, 0.1) is 18.6 Å². The molecule has 0 amide bonds. The smallest absolute Gasteiger partial charge is 0.116 e. The van der Waals surface area contributed by atoms with Gasteiger partial charge >= 0.3 is 0 Å². The highest BCUT2D eigenvalue weighted by Crippen LogP contribution is 2.61. The van der Waals surface area contributed by atoms with Crippen LogP contribution in [-0.2, 0) is 12.8 Å². The van der Waals surface area contributed by atoms with E-state index in [1.54, 1.807) is 6.07 Å². The van der Waals surface area contributed by atoms with Gasteiger partial charge in [0.1, 0.15) is 5.75 Å². The zero-order chi connectivity index (χ0) is 16.2. The van der Waals surface area contributed by atoms with Gasteiger partial charge in [-0.3, -0.25) is 0 Å².